The molecule has 0 radical (unpaired) electrons. The van der Waals surface area contributed by atoms with E-state index in [1.165, 1.54) is 0 Å². The third kappa shape index (κ3) is 3.35. The smallest absolute Gasteiger partial charge is 0.310 e. The van der Waals surface area contributed by atoms with Crippen molar-refractivity contribution in [2.75, 3.05) is 7.05 Å². The summed E-state index contributed by atoms with van der Waals surface area (Å²) in [6, 6.07) is 2.88. The predicted molar refractivity (Wildman–Crippen MR) is 50.6 cm³/mol. The van der Waals surface area contributed by atoms with E-state index in [9.17, 15) is 19.4 Å². The summed E-state index contributed by atoms with van der Waals surface area (Å²) < 4.78 is 61.2. The van der Waals surface area contributed by atoms with E-state index in [1.54, 1.807) is 7.05 Å². The Morgan fingerprint density at radius 1 is 1.00 bits per heavy atom. The fourth-order valence-electron chi connectivity index (χ4n) is 1.07. The van der Waals surface area contributed by atoms with Gasteiger partial charge in [-0.15, -0.1) is 0 Å². The lowest BCUT2D eigenvalue weighted by Gasteiger charge is -2.40. The van der Waals surface area contributed by atoms with E-state index >= 15 is 0 Å². The van der Waals surface area contributed by atoms with E-state index in [0.717, 1.165) is 12.1 Å². The summed E-state index contributed by atoms with van der Waals surface area (Å²) in [4.78, 5) is -1.85. The number of hydrogen-bond acceptors (Lipinski definition) is 1. The lowest BCUT2D eigenvalue weighted by atomic mass is 10.2. The Kier molecular flexibility index (Phi) is 2.33. The first-order valence-electron chi connectivity index (χ1n) is 4.00. The molecule has 0 aliphatic heterocycles. The number of rotatable bonds is 3. The Morgan fingerprint density at radius 3 is 1.80 bits per heavy atom. The first kappa shape index (κ1) is 12.3. The van der Waals surface area contributed by atoms with Gasteiger partial charge < -0.3 is 5.32 Å². The van der Waals surface area contributed by atoms with Crippen molar-refractivity contribution in [1.29, 1.82) is 0 Å². The van der Waals surface area contributed by atoms with Crippen LogP contribution in [0.3, 0.4) is 0 Å². The van der Waals surface area contributed by atoms with Crippen molar-refractivity contribution < 1.29 is 19.4 Å². The Hall–Kier alpha value is -0.820. The zero-order valence-electron chi connectivity index (χ0n) is 7.81. The van der Waals surface area contributed by atoms with Gasteiger partial charge in [-0.05, 0) is 24.7 Å². The van der Waals surface area contributed by atoms with Crippen LogP contribution in [-0.2, 0) is 6.54 Å². The third-order valence-corrected chi connectivity index (χ3v) is 2.91. The van der Waals surface area contributed by atoms with Gasteiger partial charge in [-0.2, -0.15) is 0 Å². The van der Waals surface area contributed by atoms with Crippen LogP contribution in [0.5, 0.6) is 0 Å². The standard InChI is InChI=1S/C8H10F5NS/c1-14-6-7-2-4-8(5-3-7)15(9,10,11,12)13/h2-5,14H,6H2,1H3. The molecular formula is C8H10F5NS. The van der Waals surface area contributed by atoms with Gasteiger partial charge in [0.05, 0.1) is 0 Å². The molecule has 0 unspecified atom stereocenters. The number of benzene rings is 1. The van der Waals surface area contributed by atoms with Gasteiger partial charge in [0.25, 0.3) is 0 Å². The Morgan fingerprint density at radius 2 is 1.47 bits per heavy atom. The van der Waals surface area contributed by atoms with Crippen LogP contribution in [-0.4, -0.2) is 7.05 Å². The maximum Gasteiger partial charge on any atom is 0.310 e. The maximum absolute atomic E-state index is 12.2. The molecule has 1 aromatic rings. The minimum atomic E-state index is -9.50. The summed E-state index contributed by atoms with van der Waals surface area (Å²) in [7, 11) is -7.89. The van der Waals surface area contributed by atoms with Gasteiger partial charge in [-0.25, -0.2) is 0 Å². The fraction of sp³-hybridized carbons (Fsp3) is 0.250. The zero-order valence-corrected chi connectivity index (χ0v) is 8.63. The molecular weight excluding hydrogens is 237 g/mol. The van der Waals surface area contributed by atoms with Gasteiger partial charge in [-0.3, -0.25) is 0 Å². The van der Waals surface area contributed by atoms with Crippen LogP contribution in [0.2, 0.25) is 0 Å². The second-order valence-electron chi connectivity index (χ2n) is 3.14. The minimum Gasteiger partial charge on any atom is -0.316 e. The van der Waals surface area contributed by atoms with Crippen molar-refractivity contribution in [2.24, 2.45) is 0 Å². The Balaban J connectivity index is 3.11. The van der Waals surface area contributed by atoms with Gasteiger partial charge >= 0.3 is 10.2 Å². The molecule has 1 N–H and O–H groups in total. The first-order valence-corrected chi connectivity index (χ1v) is 5.96. The highest BCUT2D eigenvalue weighted by atomic mass is 32.5. The number of nitrogens with one attached hydrogen (secondary N) is 1. The highest BCUT2D eigenvalue weighted by Crippen LogP contribution is 3.02. The highest BCUT2D eigenvalue weighted by molar-refractivity contribution is 8.45. The van der Waals surface area contributed by atoms with Crippen molar-refractivity contribution in [3.8, 4) is 0 Å². The molecule has 1 rings (SSSR count). The van der Waals surface area contributed by atoms with Gasteiger partial charge in [0.15, 0.2) is 0 Å². The third-order valence-electron chi connectivity index (χ3n) is 1.75. The van der Waals surface area contributed by atoms with E-state index in [-0.39, 0.29) is 0 Å². The molecule has 0 aromatic heterocycles. The van der Waals surface area contributed by atoms with E-state index in [1.807, 2.05) is 0 Å². The normalized spacial score (nSPS) is 16.9. The maximum atomic E-state index is 12.2. The highest BCUT2D eigenvalue weighted by Gasteiger charge is 2.65. The van der Waals surface area contributed by atoms with Gasteiger partial charge in [0.2, 0.25) is 0 Å². The van der Waals surface area contributed by atoms with Gasteiger partial charge in [0.1, 0.15) is 4.90 Å². The summed E-state index contributed by atoms with van der Waals surface area (Å²) in [6.45, 7) is 0.334. The molecule has 0 fully saturated rings. The van der Waals surface area contributed by atoms with Crippen LogP contribution < -0.4 is 5.32 Å². The fourth-order valence-corrected chi connectivity index (χ4v) is 1.72. The molecule has 88 valence electrons. The molecule has 0 atom stereocenters. The molecule has 0 heterocycles. The van der Waals surface area contributed by atoms with Crippen molar-refractivity contribution in [2.45, 2.75) is 11.4 Å². The largest absolute Gasteiger partial charge is 0.316 e. The number of halogens is 5. The van der Waals surface area contributed by atoms with E-state index in [4.69, 9.17) is 0 Å². The van der Waals surface area contributed by atoms with Crippen LogP contribution in [0.4, 0.5) is 19.4 Å². The Labute approximate surface area is 84.0 Å². The molecule has 0 bridgehead atoms. The molecule has 1 nitrogen and oxygen atoms in total. The van der Waals surface area contributed by atoms with Crippen molar-refractivity contribution in [1.82, 2.24) is 5.32 Å². The Bertz CT molecular complexity index is 354. The van der Waals surface area contributed by atoms with Gasteiger partial charge in [0, 0.05) is 6.54 Å². The molecule has 0 aliphatic carbocycles. The topological polar surface area (TPSA) is 12.0 Å². The quantitative estimate of drug-likeness (QED) is 0.794. The minimum absolute atomic E-state index is 0.334. The molecule has 15 heavy (non-hydrogen) atoms. The first-order chi connectivity index (χ1) is 6.53. The summed E-state index contributed by atoms with van der Waals surface area (Å²) in [6.07, 6.45) is 0. The van der Waals surface area contributed by atoms with Crippen LogP contribution in [0.25, 0.3) is 0 Å². The summed E-state index contributed by atoms with van der Waals surface area (Å²) in [5, 5.41) is 2.70. The SMILES string of the molecule is CNCc1ccc(S(F)(F)(F)(F)F)cc1. The van der Waals surface area contributed by atoms with Crippen molar-refractivity contribution in [3.05, 3.63) is 29.8 Å². The molecule has 1 aromatic carbocycles. The van der Waals surface area contributed by atoms with Crippen LogP contribution >= 0.6 is 10.2 Å². The predicted octanol–water partition coefficient (Wildman–Crippen LogP) is 4.06. The molecule has 7 heteroatoms. The lowest BCUT2D eigenvalue weighted by molar-refractivity contribution is 0.364. The molecule has 0 aliphatic rings. The van der Waals surface area contributed by atoms with Crippen LogP contribution in [0.1, 0.15) is 5.56 Å². The summed E-state index contributed by atoms with van der Waals surface area (Å²) in [5.41, 5.74) is 0.517. The summed E-state index contributed by atoms with van der Waals surface area (Å²) >= 11 is 0. The number of hydrogen-bond donors (Lipinski definition) is 1. The second kappa shape index (κ2) is 2.85. The monoisotopic (exact) mass is 247 g/mol. The molecule has 0 saturated carbocycles. The average Bonchev–Trinajstić information content (AvgIpc) is 2.01. The van der Waals surface area contributed by atoms with Gasteiger partial charge in [-0.1, -0.05) is 31.6 Å². The zero-order chi connectivity index (χ0) is 11.8. The second-order valence-corrected chi connectivity index (χ2v) is 5.55. The van der Waals surface area contributed by atoms with E-state index < -0.39 is 15.1 Å². The van der Waals surface area contributed by atoms with Crippen molar-refractivity contribution in [3.63, 3.8) is 0 Å². The molecule has 0 amide bonds. The molecule has 0 saturated heterocycles. The lowest BCUT2D eigenvalue weighted by Crippen LogP contribution is -2.08. The van der Waals surface area contributed by atoms with Crippen LogP contribution in [0.15, 0.2) is 29.2 Å². The summed E-state index contributed by atoms with van der Waals surface area (Å²) in [5.74, 6) is 0. The molecule has 0 spiro atoms. The van der Waals surface area contributed by atoms with Crippen LogP contribution in [0, 0.1) is 0 Å². The van der Waals surface area contributed by atoms with Crippen molar-refractivity contribution >= 4 is 10.2 Å². The van der Waals surface area contributed by atoms with E-state index in [2.05, 4.69) is 5.32 Å². The average molecular weight is 247 g/mol. The van der Waals surface area contributed by atoms with E-state index in [0.29, 0.717) is 24.2 Å².